The molecule has 2 aromatic carbocycles. The molecule has 1 atom stereocenters. The summed E-state index contributed by atoms with van der Waals surface area (Å²) in [6.07, 6.45) is 2.17. The number of carbonyl (C=O) groups is 1. The Labute approximate surface area is 165 Å². The topological polar surface area (TPSA) is 53.6 Å². The van der Waals surface area contributed by atoms with Crippen LogP contribution in [0.2, 0.25) is 5.02 Å². The summed E-state index contributed by atoms with van der Waals surface area (Å²) in [5, 5.41) is 6.20. The first kappa shape index (κ1) is 19.5. The van der Waals surface area contributed by atoms with Crippen LogP contribution in [0.1, 0.15) is 18.4 Å². The molecule has 0 radical (unpaired) electrons. The Kier molecular flexibility index (Phi) is 6.96. The Bertz CT molecular complexity index is 754. The Morgan fingerprint density at radius 1 is 1.26 bits per heavy atom. The smallest absolute Gasteiger partial charge is 0.319 e. The van der Waals surface area contributed by atoms with Crippen molar-refractivity contribution in [3.05, 3.63) is 59.1 Å². The molecule has 0 aliphatic carbocycles. The quantitative estimate of drug-likeness (QED) is 0.741. The van der Waals surface area contributed by atoms with E-state index in [4.69, 9.17) is 16.3 Å². The minimum Gasteiger partial charge on any atom is -0.495 e. The van der Waals surface area contributed by atoms with E-state index in [-0.39, 0.29) is 6.03 Å². The van der Waals surface area contributed by atoms with Crippen LogP contribution in [-0.2, 0) is 6.54 Å². The number of likely N-dealkylation sites (tertiary alicyclic amines) is 1. The maximum atomic E-state index is 12.1. The Morgan fingerprint density at radius 3 is 2.81 bits per heavy atom. The average molecular weight is 388 g/mol. The number of carbonyl (C=O) groups excluding carboxylic acids is 1. The summed E-state index contributed by atoms with van der Waals surface area (Å²) in [7, 11) is 1.56. The lowest BCUT2D eigenvalue weighted by Gasteiger charge is -2.16. The van der Waals surface area contributed by atoms with E-state index in [1.165, 1.54) is 12.0 Å². The average Bonchev–Trinajstić information content (AvgIpc) is 3.10. The van der Waals surface area contributed by atoms with Crippen LogP contribution in [0.4, 0.5) is 10.5 Å². The van der Waals surface area contributed by atoms with Gasteiger partial charge in [-0.3, -0.25) is 4.90 Å². The first-order valence-corrected chi connectivity index (χ1v) is 9.66. The molecule has 1 unspecified atom stereocenters. The number of nitrogens with zero attached hydrogens (tertiary/aromatic N) is 1. The third kappa shape index (κ3) is 5.88. The van der Waals surface area contributed by atoms with Crippen LogP contribution in [0.15, 0.2) is 48.5 Å². The highest BCUT2D eigenvalue weighted by Crippen LogP contribution is 2.27. The van der Waals surface area contributed by atoms with Crippen LogP contribution in [0.3, 0.4) is 0 Å². The van der Waals surface area contributed by atoms with Gasteiger partial charge in [0, 0.05) is 25.3 Å². The van der Waals surface area contributed by atoms with Gasteiger partial charge in [-0.05, 0) is 49.1 Å². The fourth-order valence-electron chi connectivity index (χ4n) is 3.44. The van der Waals surface area contributed by atoms with Crippen molar-refractivity contribution in [2.75, 3.05) is 32.1 Å². The van der Waals surface area contributed by atoms with Crippen molar-refractivity contribution in [1.82, 2.24) is 10.2 Å². The third-order valence-corrected chi connectivity index (χ3v) is 5.16. The lowest BCUT2D eigenvalue weighted by molar-refractivity contribution is 0.251. The monoisotopic (exact) mass is 387 g/mol. The zero-order valence-corrected chi connectivity index (χ0v) is 16.3. The van der Waals surface area contributed by atoms with Gasteiger partial charge in [0.05, 0.1) is 12.1 Å². The maximum absolute atomic E-state index is 12.1. The number of anilines is 1. The van der Waals surface area contributed by atoms with Gasteiger partial charge in [0.1, 0.15) is 5.75 Å². The first-order valence-electron chi connectivity index (χ1n) is 9.28. The molecule has 2 aromatic rings. The second kappa shape index (κ2) is 9.62. The zero-order chi connectivity index (χ0) is 19.1. The number of hydrogen-bond acceptors (Lipinski definition) is 3. The molecule has 5 nitrogen and oxygen atoms in total. The zero-order valence-electron chi connectivity index (χ0n) is 15.6. The van der Waals surface area contributed by atoms with E-state index >= 15 is 0 Å². The number of ether oxygens (including phenoxy) is 1. The fourth-order valence-corrected chi connectivity index (χ4v) is 3.70. The standard InChI is InChI=1S/C21H26ClN3O2/c1-27-20-8-7-18(13-19(20)22)24-21(26)23-11-9-17-10-12-25(15-17)14-16-5-3-2-4-6-16/h2-8,13,17H,9-12,14-15H2,1H3,(H2,23,24,26). The van der Waals surface area contributed by atoms with Gasteiger partial charge in [-0.25, -0.2) is 4.79 Å². The number of amides is 2. The van der Waals surface area contributed by atoms with Crippen LogP contribution in [0.25, 0.3) is 0 Å². The summed E-state index contributed by atoms with van der Waals surface area (Å²) < 4.78 is 5.11. The Balaban J connectivity index is 1.36. The number of methoxy groups -OCH3 is 1. The number of rotatable bonds is 7. The van der Waals surface area contributed by atoms with Gasteiger partial charge in [-0.1, -0.05) is 41.9 Å². The molecule has 1 saturated heterocycles. The third-order valence-electron chi connectivity index (χ3n) is 4.87. The molecule has 27 heavy (non-hydrogen) atoms. The van der Waals surface area contributed by atoms with Crippen molar-refractivity contribution < 1.29 is 9.53 Å². The number of halogens is 1. The van der Waals surface area contributed by atoms with E-state index in [2.05, 4.69) is 39.8 Å². The van der Waals surface area contributed by atoms with E-state index < -0.39 is 0 Å². The normalized spacial score (nSPS) is 16.9. The highest BCUT2D eigenvalue weighted by molar-refractivity contribution is 6.32. The first-order chi connectivity index (χ1) is 13.1. The molecule has 0 spiro atoms. The molecule has 2 amide bonds. The molecule has 1 aliphatic rings. The molecular weight excluding hydrogens is 362 g/mol. The van der Waals surface area contributed by atoms with Crippen molar-refractivity contribution in [3.8, 4) is 5.75 Å². The van der Waals surface area contributed by atoms with Crippen molar-refractivity contribution in [2.24, 2.45) is 5.92 Å². The Morgan fingerprint density at radius 2 is 2.07 bits per heavy atom. The Hall–Kier alpha value is -2.24. The molecule has 0 saturated carbocycles. The molecular formula is C21H26ClN3O2. The van der Waals surface area contributed by atoms with E-state index in [9.17, 15) is 4.79 Å². The van der Waals surface area contributed by atoms with E-state index in [1.807, 2.05) is 6.07 Å². The predicted octanol–water partition coefficient (Wildman–Crippen LogP) is 4.38. The number of hydrogen-bond donors (Lipinski definition) is 2. The SMILES string of the molecule is COc1ccc(NC(=O)NCCC2CCN(Cc3ccccc3)C2)cc1Cl. The van der Waals surface area contributed by atoms with Crippen LogP contribution in [0.5, 0.6) is 5.75 Å². The highest BCUT2D eigenvalue weighted by atomic mass is 35.5. The highest BCUT2D eigenvalue weighted by Gasteiger charge is 2.22. The molecule has 144 valence electrons. The van der Waals surface area contributed by atoms with Gasteiger partial charge in [-0.2, -0.15) is 0 Å². The lowest BCUT2D eigenvalue weighted by atomic mass is 10.1. The minimum atomic E-state index is -0.213. The van der Waals surface area contributed by atoms with Gasteiger partial charge < -0.3 is 15.4 Å². The predicted molar refractivity (Wildman–Crippen MR) is 109 cm³/mol. The summed E-state index contributed by atoms with van der Waals surface area (Å²) in [5.74, 6) is 1.22. The van der Waals surface area contributed by atoms with E-state index in [0.717, 1.165) is 26.1 Å². The number of nitrogens with one attached hydrogen (secondary N) is 2. The van der Waals surface area contributed by atoms with Crippen LogP contribution < -0.4 is 15.4 Å². The molecule has 0 aromatic heterocycles. The lowest BCUT2D eigenvalue weighted by Crippen LogP contribution is -2.31. The van der Waals surface area contributed by atoms with Gasteiger partial charge in [0.2, 0.25) is 0 Å². The second-order valence-corrected chi connectivity index (χ2v) is 7.30. The van der Waals surface area contributed by atoms with Gasteiger partial charge >= 0.3 is 6.03 Å². The minimum absolute atomic E-state index is 0.213. The molecule has 1 aliphatic heterocycles. The van der Waals surface area contributed by atoms with Crippen LogP contribution >= 0.6 is 11.6 Å². The van der Waals surface area contributed by atoms with Crippen molar-refractivity contribution in [1.29, 1.82) is 0 Å². The second-order valence-electron chi connectivity index (χ2n) is 6.89. The van der Waals surface area contributed by atoms with E-state index in [1.54, 1.807) is 25.3 Å². The van der Waals surface area contributed by atoms with Crippen LogP contribution in [0, 0.1) is 5.92 Å². The fraction of sp³-hybridized carbons (Fsp3) is 0.381. The largest absolute Gasteiger partial charge is 0.495 e. The number of urea groups is 1. The van der Waals surface area contributed by atoms with Crippen LogP contribution in [-0.4, -0.2) is 37.7 Å². The number of benzene rings is 2. The molecule has 1 fully saturated rings. The summed E-state index contributed by atoms with van der Waals surface area (Å²) in [6, 6.07) is 15.5. The molecule has 1 heterocycles. The van der Waals surface area contributed by atoms with Gasteiger partial charge in [-0.15, -0.1) is 0 Å². The molecule has 0 bridgehead atoms. The van der Waals surface area contributed by atoms with Crippen molar-refractivity contribution in [2.45, 2.75) is 19.4 Å². The van der Waals surface area contributed by atoms with E-state index in [0.29, 0.717) is 28.9 Å². The molecule has 6 heteroatoms. The van der Waals surface area contributed by atoms with Gasteiger partial charge in [0.15, 0.2) is 0 Å². The summed E-state index contributed by atoms with van der Waals surface area (Å²) in [5.41, 5.74) is 2.00. The van der Waals surface area contributed by atoms with Gasteiger partial charge in [0.25, 0.3) is 0 Å². The van der Waals surface area contributed by atoms with Crippen molar-refractivity contribution >= 4 is 23.3 Å². The summed E-state index contributed by atoms with van der Waals surface area (Å²) in [4.78, 5) is 14.5. The maximum Gasteiger partial charge on any atom is 0.319 e. The van der Waals surface area contributed by atoms with Crippen molar-refractivity contribution in [3.63, 3.8) is 0 Å². The summed E-state index contributed by atoms with van der Waals surface area (Å²) >= 11 is 6.07. The summed E-state index contributed by atoms with van der Waals surface area (Å²) in [6.45, 7) is 3.88. The molecule has 3 rings (SSSR count). The molecule has 2 N–H and O–H groups in total.